The van der Waals surface area contributed by atoms with Gasteiger partial charge in [-0.3, -0.25) is 4.79 Å². The molecule has 112 valence electrons. The fourth-order valence-corrected chi connectivity index (χ4v) is 3.54. The van der Waals surface area contributed by atoms with Crippen molar-refractivity contribution >= 4 is 12.0 Å². The maximum atomic E-state index is 12.2. The van der Waals surface area contributed by atoms with Crippen molar-refractivity contribution in [3.8, 4) is 0 Å². The fourth-order valence-electron chi connectivity index (χ4n) is 3.54. The first-order chi connectivity index (χ1) is 9.56. The molecule has 3 fully saturated rings. The fraction of sp³-hybridized carbons (Fsp3) is 0.867. The van der Waals surface area contributed by atoms with Gasteiger partial charge in [-0.1, -0.05) is 6.92 Å². The molecule has 2 saturated carbocycles. The minimum absolute atomic E-state index is 0.0425. The van der Waals surface area contributed by atoms with E-state index in [2.05, 4.69) is 5.32 Å². The summed E-state index contributed by atoms with van der Waals surface area (Å²) in [6, 6.07) is -0.0769. The highest BCUT2D eigenvalue weighted by molar-refractivity contribution is 5.77. The van der Waals surface area contributed by atoms with Crippen LogP contribution in [0.5, 0.6) is 0 Å². The Labute approximate surface area is 119 Å². The van der Waals surface area contributed by atoms with E-state index in [1.165, 1.54) is 25.7 Å². The van der Waals surface area contributed by atoms with Crippen molar-refractivity contribution in [3.05, 3.63) is 0 Å². The number of carboxylic acids is 1. The van der Waals surface area contributed by atoms with Crippen molar-refractivity contribution in [2.24, 2.45) is 29.6 Å². The van der Waals surface area contributed by atoms with Crippen molar-refractivity contribution in [3.63, 3.8) is 0 Å². The van der Waals surface area contributed by atoms with Gasteiger partial charge in [-0.15, -0.1) is 0 Å². The van der Waals surface area contributed by atoms with Crippen LogP contribution in [0.15, 0.2) is 0 Å². The van der Waals surface area contributed by atoms with E-state index in [1.807, 2.05) is 6.92 Å². The molecule has 1 heterocycles. The zero-order valence-electron chi connectivity index (χ0n) is 12.0. The van der Waals surface area contributed by atoms with E-state index in [4.69, 9.17) is 5.11 Å². The zero-order chi connectivity index (χ0) is 14.3. The van der Waals surface area contributed by atoms with Gasteiger partial charge < -0.3 is 15.3 Å². The molecular formula is C15H24N2O3. The van der Waals surface area contributed by atoms with Crippen LogP contribution in [-0.4, -0.2) is 41.6 Å². The molecule has 1 aliphatic heterocycles. The van der Waals surface area contributed by atoms with Crippen LogP contribution in [0, 0.1) is 29.6 Å². The molecule has 0 aromatic heterocycles. The maximum Gasteiger partial charge on any atom is 0.317 e. The van der Waals surface area contributed by atoms with Crippen LogP contribution in [0.25, 0.3) is 0 Å². The molecule has 0 radical (unpaired) electrons. The van der Waals surface area contributed by atoms with Gasteiger partial charge in [0.2, 0.25) is 0 Å². The average molecular weight is 280 g/mol. The van der Waals surface area contributed by atoms with E-state index in [0.29, 0.717) is 19.0 Å². The topological polar surface area (TPSA) is 69.6 Å². The van der Waals surface area contributed by atoms with Gasteiger partial charge >= 0.3 is 12.0 Å². The minimum Gasteiger partial charge on any atom is -0.481 e. The number of amides is 2. The Morgan fingerprint density at radius 2 is 1.80 bits per heavy atom. The molecule has 0 bridgehead atoms. The molecule has 2 atom stereocenters. The summed E-state index contributed by atoms with van der Waals surface area (Å²) in [5.74, 6) is 1.15. The Morgan fingerprint density at radius 1 is 1.20 bits per heavy atom. The van der Waals surface area contributed by atoms with Crippen molar-refractivity contribution in [2.75, 3.05) is 19.6 Å². The van der Waals surface area contributed by atoms with Crippen molar-refractivity contribution in [1.29, 1.82) is 0 Å². The first kappa shape index (κ1) is 13.7. The lowest BCUT2D eigenvalue weighted by molar-refractivity contribution is -0.142. The number of rotatable bonds is 5. The number of nitrogens with one attached hydrogen (secondary N) is 1. The van der Waals surface area contributed by atoms with Gasteiger partial charge in [-0.2, -0.15) is 0 Å². The Balaban J connectivity index is 1.48. The van der Waals surface area contributed by atoms with Gasteiger partial charge in [0.05, 0.1) is 5.92 Å². The quantitative estimate of drug-likeness (QED) is 0.806. The Kier molecular flexibility index (Phi) is 3.61. The predicted octanol–water partition coefficient (Wildman–Crippen LogP) is 1.78. The molecule has 2 amide bonds. The average Bonchev–Trinajstić information content (AvgIpc) is 3.29. The second-order valence-corrected chi connectivity index (χ2v) is 6.85. The van der Waals surface area contributed by atoms with Gasteiger partial charge in [0, 0.05) is 19.6 Å². The van der Waals surface area contributed by atoms with Gasteiger partial charge in [0.25, 0.3) is 0 Å². The molecule has 2 aliphatic carbocycles. The molecule has 2 N–H and O–H groups in total. The monoisotopic (exact) mass is 280 g/mol. The SMILES string of the molecule is CC1CN(C(=O)NCC(C2CC2)C2CC2)CC1C(=O)O. The lowest BCUT2D eigenvalue weighted by atomic mass is 9.98. The predicted molar refractivity (Wildman–Crippen MR) is 74.2 cm³/mol. The van der Waals surface area contributed by atoms with Gasteiger partial charge in [-0.05, 0) is 49.4 Å². The lowest BCUT2D eigenvalue weighted by Gasteiger charge is -2.21. The number of hydrogen-bond donors (Lipinski definition) is 2. The second-order valence-electron chi connectivity index (χ2n) is 6.85. The number of nitrogens with zero attached hydrogens (tertiary/aromatic N) is 1. The lowest BCUT2D eigenvalue weighted by Crippen LogP contribution is -2.41. The molecule has 0 spiro atoms. The van der Waals surface area contributed by atoms with Gasteiger partial charge in [0.15, 0.2) is 0 Å². The van der Waals surface area contributed by atoms with E-state index in [-0.39, 0.29) is 11.9 Å². The molecule has 2 unspecified atom stereocenters. The molecule has 3 aliphatic rings. The third kappa shape index (κ3) is 2.91. The van der Waals surface area contributed by atoms with Crippen LogP contribution in [0.2, 0.25) is 0 Å². The minimum atomic E-state index is -0.790. The number of urea groups is 1. The second kappa shape index (κ2) is 5.26. The van der Waals surface area contributed by atoms with Crippen LogP contribution in [0.1, 0.15) is 32.6 Å². The van der Waals surface area contributed by atoms with E-state index in [9.17, 15) is 9.59 Å². The van der Waals surface area contributed by atoms with Gasteiger partial charge in [-0.25, -0.2) is 4.79 Å². The molecule has 3 rings (SSSR count). The van der Waals surface area contributed by atoms with Crippen molar-refractivity contribution in [2.45, 2.75) is 32.6 Å². The van der Waals surface area contributed by atoms with Gasteiger partial charge in [0.1, 0.15) is 0 Å². The van der Waals surface area contributed by atoms with Crippen molar-refractivity contribution < 1.29 is 14.7 Å². The first-order valence-corrected chi connectivity index (χ1v) is 7.82. The van der Waals surface area contributed by atoms with E-state index in [0.717, 1.165) is 18.4 Å². The third-order valence-corrected chi connectivity index (χ3v) is 5.16. The number of carbonyl (C=O) groups is 2. The van der Waals surface area contributed by atoms with Crippen LogP contribution in [0.4, 0.5) is 4.79 Å². The standard InChI is InChI=1S/C15H24N2O3/c1-9-7-17(8-13(9)14(18)19)15(20)16-6-12(10-2-3-10)11-4-5-11/h9-13H,2-8H2,1H3,(H,16,20)(H,18,19). The summed E-state index contributed by atoms with van der Waals surface area (Å²) in [4.78, 5) is 24.9. The number of hydrogen-bond acceptors (Lipinski definition) is 2. The summed E-state index contributed by atoms with van der Waals surface area (Å²) in [5.41, 5.74) is 0. The third-order valence-electron chi connectivity index (χ3n) is 5.16. The first-order valence-electron chi connectivity index (χ1n) is 7.82. The van der Waals surface area contributed by atoms with Crippen LogP contribution in [-0.2, 0) is 4.79 Å². The molecule has 0 aromatic rings. The summed E-state index contributed by atoms with van der Waals surface area (Å²) in [6.07, 6.45) is 5.27. The summed E-state index contributed by atoms with van der Waals surface area (Å²) in [6.45, 7) is 3.58. The number of aliphatic carboxylic acids is 1. The smallest absolute Gasteiger partial charge is 0.317 e. The van der Waals surface area contributed by atoms with Crippen LogP contribution in [0.3, 0.4) is 0 Å². The summed E-state index contributed by atoms with van der Waals surface area (Å²) in [5, 5.41) is 12.1. The normalized spacial score (nSPS) is 29.8. The highest BCUT2D eigenvalue weighted by Gasteiger charge is 2.42. The van der Waals surface area contributed by atoms with Crippen LogP contribution < -0.4 is 5.32 Å². The molecule has 20 heavy (non-hydrogen) atoms. The number of likely N-dealkylation sites (tertiary alicyclic amines) is 1. The largest absolute Gasteiger partial charge is 0.481 e. The summed E-state index contributed by atoms with van der Waals surface area (Å²) < 4.78 is 0. The van der Waals surface area contributed by atoms with Crippen LogP contribution >= 0.6 is 0 Å². The number of carbonyl (C=O) groups excluding carboxylic acids is 1. The summed E-state index contributed by atoms with van der Waals surface area (Å²) >= 11 is 0. The maximum absolute atomic E-state index is 12.2. The molecule has 5 heteroatoms. The highest BCUT2D eigenvalue weighted by Crippen LogP contribution is 2.48. The molecule has 5 nitrogen and oxygen atoms in total. The molecule has 1 saturated heterocycles. The molecule has 0 aromatic carbocycles. The molecular weight excluding hydrogens is 256 g/mol. The Morgan fingerprint density at radius 3 is 2.25 bits per heavy atom. The van der Waals surface area contributed by atoms with Crippen molar-refractivity contribution in [1.82, 2.24) is 10.2 Å². The zero-order valence-corrected chi connectivity index (χ0v) is 12.0. The Bertz CT molecular complexity index is 392. The Hall–Kier alpha value is -1.26. The highest BCUT2D eigenvalue weighted by atomic mass is 16.4. The summed E-state index contributed by atoms with van der Waals surface area (Å²) in [7, 11) is 0. The van der Waals surface area contributed by atoms with E-state index < -0.39 is 11.9 Å². The van der Waals surface area contributed by atoms with E-state index >= 15 is 0 Å². The van der Waals surface area contributed by atoms with E-state index in [1.54, 1.807) is 4.90 Å². The number of carboxylic acid groups (broad SMARTS) is 1.